The summed E-state index contributed by atoms with van der Waals surface area (Å²) in [6.45, 7) is 11.1. The molecule has 3 fully saturated rings. The average molecular weight is 322 g/mol. The third-order valence-corrected chi connectivity index (χ3v) is 5.35. The zero-order valence-corrected chi connectivity index (χ0v) is 14.6. The van der Waals surface area contributed by atoms with Gasteiger partial charge in [0, 0.05) is 39.3 Å². The fraction of sp³-hybridized carbons (Fsp3) is 0.833. The van der Waals surface area contributed by atoms with E-state index in [0.717, 1.165) is 65.2 Å². The van der Waals surface area contributed by atoms with E-state index in [9.17, 15) is 4.79 Å². The van der Waals surface area contributed by atoms with Crippen LogP contribution < -0.4 is 0 Å². The summed E-state index contributed by atoms with van der Waals surface area (Å²) in [5, 5.41) is 0. The van der Waals surface area contributed by atoms with Gasteiger partial charge in [0.15, 0.2) is 0 Å². The summed E-state index contributed by atoms with van der Waals surface area (Å²) in [7, 11) is 0. The first-order valence-electron chi connectivity index (χ1n) is 8.94. The van der Waals surface area contributed by atoms with Crippen molar-refractivity contribution in [2.45, 2.75) is 38.7 Å². The Morgan fingerprint density at radius 2 is 2.00 bits per heavy atom. The molecular weight excluding hydrogens is 292 g/mol. The first-order valence-corrected chi connectivity index (χ1v) is 8.94. The molecule has 3 rings (SSSR count). The second-order valence-corrected chi connectivity index (χ2v) is 7.43. The molecule has 3 aliphatic rings. The molecular formula is C18H30N2O3. The Balaban J connectivity index is 1.52. The highest BCUT2D eigenvalue weighted by molar-refractivity contribution is 5.79. The van der Waals surface area contributed by atoms with Crippen LogP contribution in [-0.2, 0) is 14.3 Å². The first-order chi connectivity index (χ1) is 11.1. The number of hydrogen-bond donors (Lipinski definition) is 0. The van der Waals surface area contributed by atoms with Gasteiger partial charge in [-0.15, -0.1) is 0 Å². The van der Waals surface area contributed by atoms with Gasteiger partial charge in [0.25, 0.3) is 0 Å². The lowest BCUT2D eigenvalue weighted by Gasteiger charge is -2.47. The Morgan fingerprint density at radius 1 is 1.22 bits per heavy atom. The average Bonchev–Trinajstić information content (AvgIpc) is 3.08. The predicted molar refractivity (Wildman–Crippen MR) is 89.3 cm³/mol. The second kappa shape index (κ2) is 7.32. The molecule has 0 saturated carbocycles. The van der Waals surface area contributed by atoms with Crippen LogP contribution in [0.4, 0.5) is 0 Å². The van der Waals surface area contributed by atoms with Crippen molar-refractivity contribution < 1.29 is 14.3 Å². The number of likely N-dealkylation sites (tertiary alicyclic amines) is 1. The molecule has 0 radical (unpaired) electrons. The highest BCUT2D eigenvalue weighted by Crippen LogP contribution is 2.31. The standard InChI is InChI=1S/C18H30N2O3/c1-15(2)3-7-19-10-12-23-18(14-19)5-8-20(9-6-18)17(21)16-4-11-22-13-16/h3,16H,4-14H2,1-2H3. The summed E-state index contributed by atoms with van der Waals surface area (Å²) >= 11 is 0. The monoisotopic (exact) mass is 322 g/mol. The van der Waals surface area contributed by atoms with Crippen LogP contribution in [0.3, 0.4) is 0 Å². The lowest BCUT2D eigenvalue weighted by Crippen LogP contribution is -2.58. The van der Waals surface area contributed by atoms with Crippen LogP contribution in [0, 0.1) is 5.92 Å². The molecule has 3 saturated heterocycles. The van der Waals surface area contributed by atoms with Gasteiger partial charge in [0.1, 0.15) is 0 Å². The Bertz CT molecular complexity index is 445. The van der Waals surface area contributed by atoms with E-state index < -0.39 is 0 Å². The van der Waals surface area contributed by atoms with Crippen LogP contribution in [0.5, 0.6) is 0 Å². The number of allylic oxidation sites excluding steroid dienone is 1. The number of amides is 1. The maximum Gasteiger partial charge on any atom is 0.228 e. The molecule has 130 valence electrons. The summed E-state index contributed by atoms with van der Waals surface area (Å²) in [6, 6.07) is 0. The Kier molecular flexibility index (Phi) is 5.39. The maximum absolute atomic E-state index is 12.5. The third-order valence-electron chi connectivity index (χ3n) is 5.35. The molecule has 1 unspecified atom stereocenters. The summed E-state index contributed by atoms with van der Waals surface area (Å²) in [5.41, 5.74) is 1.32. The number of carbonyl (C=O) groups excluding carboxylic acids is 1. The van der Waals surface area contributed by atoms with Crippen molar-refractivity contribution in [1.29, 1.82) is 0 Å². The van der Waals surface area contributed by atoms with Crippen molar-refractivity contribution in [2.24, 2.45) is 5.92 Å². The quantitative estimate of drug-likeness (QED) is 0.742. The molecule has 0 aromatic rings. The van der Waals surface area contributed by atoms with E-state index in [2.05, 4.69) is 24.8 Å². The Hall–Kier alpha value is -0.910. The molecule has 0 bridgehead atoms. The summed E-state index contributed by atoms with van der Waals surface area (Å²) in [5.74, 6) is 0.375. The van der Waals surface area contributed by atoms with Crippen LogP contribution in [0.2, 0.25) is 0 Å². The largest absolute Gasteiger partial charge is 0.381 e. The number of ether oxygens (including phenoxy) is 2. The minimum absolute atomic E-state index is 0.0449. The SMILES string of the molecule is CC(C)=CCN1CCOC2(CCN(C(=O)C3CCOC3)CC2)C1. The van der Waals surface area contributed by atoms with Crippen molar-refractivity contribution in [3.63, 3.8) is 0 Å². The van der Waals surface area contributed by atoms with Crippen LogP contribution in [-0.4, -0.2) is 73.9 Å². The molecule has 1 atom stereocenters. The van der Waals surface area contributed by atoms with Crippen molar-refractivity contribution in [3.05, 3.63) is 11.6 Å². The molecule has 1 amide bonds. The fourth-order valence-corrected chi connectivity index (χ4v) is 3.82. The van der Waals surface area contributed by atoms with E-state index in [-0.39, 0.29) is 17.4 Å². The van der Waals surface area contributed by atoms with Crippen molar-refractivity contribution in [2.75, 3.05) is 52.5 Å². The normalized spacial score (nSPS) is 28.1. The van der Waals surface area contributed by atoms with Crippen molar-refractivity contribution in [1.82, 2.24) is 9.80 Å². The van der Waals surface area contributed by atoms with Crippen LogP contribution in [0.1, 0.15) is 33.1 Å². The van der Waals surface area contributed by atoms with Gasteiger partial charge in [-0.05, 0) is 33.1 Å². The van der Waals surface area contributed by atoms with Gasteiger partial charge in [0.2, 0.25) is 5.91 Å². The number of morpholine rings is 1. The molecule has 3 aliphatic heterocycles. The lowest BCUT2D eigenvalue weighted by atomic mass is 9.88. The minimum Gasteiger partial charge on any atom is -0.381 e. The van der Waals surface area contributed by atoms with Gasteiger partial charge in [0.05, 0.1) is 24.7 Å². The van der Waals surface area contributed by atoms with Crippen LogP contribution >= 0.6 is 0 Å². The number of carbonyl (C=O) groups is 1. The van der Waals surface area contributed by atoms with Gasteiger partial charge in [-0.3, -0.25) is 9.69 Å². The number of rotatable bonds is 3. The number of piperidine rings is 1. The molecule has 5 nitrogen and oxygen atoms in total. The molecule has 5 heteroatoms. The lowest BCUT2D eigenvalue weighted by molar-refractivity contribution is -0.152. The van der Waals surface area contributed by atoms with Crippen LogP contribution in [0.25, 0.3) is 0 Å². The maximum atomic E-state index is 12.5. The number of hydrogen-bond acceptors (Lipinski definition) is 4. The highest BCUT2D eigenvalue weighted by atomic mass is 16.5. The zero-order valence-electron chi connectivity index (χ0n) is 14.6. The van der Waals surface area contributed by atoms with E-state index in [0.29, 0.717) is 6.61 Å². The van der Waals surface area contributed by atoms with Crippen LogP contribution in [0.15, 0.2) is 11.6 Å². The molecule has 0 N–H and O–H groups in total. The molecule has 1 spiro atoms. The second-order valence-electron chi connectivity index (χ2n) is 7.43. The molecule has 0 aromatic heterocycles. The molecule has 23 heavy (non-hydrogen) atoms. The topological polar surface area (TPSA) is 42.0 Å². The fourth-order valence-electron chi connectivity index (χ4n) is 3.82. The van der Waals surface area contributed by atoms with E-state index in [1.54, 1.807) is 0 Å². The van der Waals surface area contributed by atoms with Gasteiger partial charge in [-0.1, -0.05) is 11.6 Å². The zero-order chi connectivity index (χ0) is 16.3. The van der Waals surface area contributed by atoms with E-state index in [1.165, 1.54) is 5.57 Å². The van der Waals surface area contributed by atoms with E-state index in [1.807, 2.05) is 4.90 Å². The summed E-state index contributed by atoms with van der Waals surface area (Å²) in [6.07, 6.45) is 5.08. The smallest absolute Gasteiger partial charge is 0.228 e. The highest BCUT2D eigenvalue weighted by Gasteiger charge is 2.41. The molecule has 0 aromatic carbocycles. The predicted octanol–water partition coefficient (Wildman–Crippen LogP) is 1.68. The Labute approximate surface area is 139 Å². The van der Waals surface area contributed by atoms with Crippen molar-refractivity contribution in [3.8, 4) is 0 Å². The summed E-state index contributed by atoms with van der Waals surface area (Å²) < 4.78 is 11.5. The van der Waals surface area contributed by atoms with E-state index >= 15 is 0 Å². The Morgan fingerprint density at radius 3 is 2.65 bits per heavy atom. The first kappa shape index (κ1) is 16.9. The van der Waals surface area contributed by atoms with Gasteiger partial charge in [-0.2, -0.15) is 0 Å². The summed E-state index contributed by atoms with van der Waals surface area (Å²) in [4.78, 5) is 17.0. The number of nitrogens with zero attached hydrogens (tertiary/aromatic N) is 2. The molecule has 3 heterocycles. The minimum atomic E-state index is -0.0449. The van der Waals surface area contributed by atoms with Gasteiger partial charge < -0.3 is 14.4 Å². The third kappa shape index (κ3) is 4.14. The van der Waals surface area contributed by atoms with Gasteiger partial charge in [-0.25, -0.2) is 0 Å². The van der Waals surface area contributed by atoms with E-state index in [4.69, 9.17) is 9.47 Å². The van der Waals surface area contributed by atoms with Crippen molar-refractivity contribution >= 4 is 5.91 Å². The molecule has 0 aliphatic carbocycles. The van der Waals surface area contributed by atoms with Gasteiger partial charge >= 0.3 is 0 Å².